The molecule has 1 aromatic heterocycles. The molecule has 0 radical (unpaired) electrons. The minimum Gasteiger partial charge on any atom is -0.353 e. The van der Waals surface area contributed by atoms with Crippen molar-refractivity contribution in [1.29, 1.82) is 0 Å². The van der Waals surface area contributed by atoms with E-state index in [1.54, 1.807) is 0 Å². The van der Waals surface area contributed by atoms with Crippen molar-refractivity contribution in [2.24, 2.45) is 0 Å². The highest BCUT2D eigenvalue weighted by Gasteiger charge is 2.12. The molecule has 14 nitrogen and oxygen atoms in total. The second-order valence-corrected chi connectivity index (χ2v) is 11.3. The predicted octanol–water partition coefficient (Wildman–Crippen LogP) is -1.03. The Balaban J connectivity index is 2.18. The first kappa shape index (κ1) is 25.8. The van der Waals surface area contributed by atoms with E-state index in [2.05, 4.69) is 30.3 Å². The maximum Gasteiger partial charge on any atom is 0.294 e. The lowest BCUT2D eigenvalue weighted by molar-refractivity contribution is 0.481. The van der Waals surface area contributed by atoms with Crippen LogP contribution in [0, 0.1) is 0 Å². The van der Waals surface area contributed by atoms with Gasteiger partial charge in [-0.1, -0.05) is 12.1 Å². The second kappa shape index (κ2) is 10.5. The Morgan fingerprint density at radius 1 is 0.812 bits per heavy atom. The standard InChI is InChI=1S/C15H22N6O8S3/c1-30(22,23)18-7-6-16-14-19-13(20-15(21-14)17-8-9-31(24,25)26)10-11-2-4-12(5-3-11)32(27,28)29/h2-5,18H,6-10H2,1H3,(H,24,25,26)(H,27,28,29)(H2,16,17,19,20,21). The van der Waals surface area contributed by atoms with Gasteiger partial charge in [-0.15, -0.1) is 0 Å². The monoisotopic (exact) mass is 510 g/mol. The van der Waals surface area contributed by atoms with E-state index in [9.17, 15) is 25.3 Å². The van der Waals surface area contributed by atoms with E-state index < -0.39 is 36.0 Å². The quantitative estimate of drug-likeness (QED) is 0.171. The van der Waals surface area contributed by atoms with Crippen LogP contribution in [0.2, 0.25) is 0 Å². The first-order valence-electron chi connectivity index (χ1n) is 8.90. The van der Waals surface area contributed by atoms with Crippen molar-refractivity contribution in [2.45, 2.75) is 11.3 Å². The van der Waals surface area contributed by atoms with E-state index in [0.29, 0.717) is 5.56 Å². The largest absolute Gasteiger partial charge is 0.353 e. The van der Waals surface area contributed by atoms with Crippen molar-refractivity contribution in [1.82, 2.24) is 19.7 Å². The average molecular weight is 511 g/mol. The van der Waals surface area contributed by atoms with Crippen LogP contribution >= 0.6 is 0 Å². The van der Waals surface area contributed by atoms with Crippen molar-refractivity contribution in [3.63, 3.8) is 0 Å². The summed E-state index contributed by atoms with van der Waals surface area (Å²) in [7, 11) is -11.9. The van der Waals surface area contributed by atoms with Crippen LogP contribution in [0.3, 0.4) is 0 Å². The highest BCUT2D eigenvalue weighted by molar-refractivity contribution is 7.88. The maximum atomic E-state index is 11.2. The Bertz CT molecular complexity index is 1250. The van der Waals surface area contributed by atoms with Gasteiger partial charge in [-0.05, 0) is 17.7 Å². The molecule has 178 valence electrons. The second-order valence-electron chi connectivity index (χ2n) is 6.50. The van der Waals surface area contributed by atoms with E-state index in [1.165, 1.54) is 24.3 Å². The van der Waals surface area contributed by atoms with Crippen LogP contribution in [-0.2, 0) is 36.7 Å². The summed E-state index contributed by atoms with van der Waals surface area (Å²) >= 11 is 0. The fourth-order valence-corrected chi connectivity index (χ4v) is 3.63. The van der Waals surface area contributed by atoms with Gasteiger partial charge in [-0.25, -0.2) is 13.1 Å². The van der Waals surface area contributed by atoms with E-state index in [0.717, 1.165) is 6.26 Å². The number of nitrogens with zero attached hydrogens (tertiary/aromatic N) is 3. The van der Waals surface area contributed by atoms with Gasteiger partial charge in [0.25, 0.3) is 20.2 Å². The Morgan fingerprint density at radius 3 is 1.88 bits per heavy atom. The van der Waals surface area contributed by atoms with Crippen molar-refractivity contribution < 1.29 is 34.4 Å². The lowest BCUT2D eigenvalue weighted by atomic mass is 10.1. The summed E-state index contributed by atoms with van der Waals surface area (Å²) in [6.07, 6.45) is 1.15. The molecule has 0 aliphatic heterocycles. The Hall–Kier alpha value is -2.44. The highest BCUT2D eigenvalue weighted by atomic mass is 32.2. The molecule has 2 rings (SSSR count). The van der Waals surface area contributed by atoms with Crippen LogP contribution in [0.4, 0.5) is 11.9 Å². The normalized spacial score (nSPS) is 12.5. The molecule has 0 unspecified atom stereocenters. The minimum absolute atomic E-state index is 0.00628. The Labute approximate surface area is 185 Å². The average Bonchev–Trinajstić information content (AvgIpc) is 2.63. The first-order chi connectivity index (χ1) is 14.7. The molecule has 17 heteroatoms. The molecular formula is C15H22N6O8S3. The number of hydrogen-bond donors (Lipinski definition) is 5. The van der Waals surface area contributed by atoms with Gasteiger partial charge in [-0.2, -0.15) is 31.8 Å². The number of sulfonamides is 1. The zero-order chi connectivity index (χ0) is 24.0. The van der Waals surface area contributed by atoms with Crippen LogP contribution in [0.25, 0.3) is 0 Å². The lowest BCUT2D eigenvalue weighted by Gasteiger charge is -2.10. The molecule has 1 aromatic carbocycles. The van der Waals surface area contributed by atoms with E-state index >= 15 is 0 Å². The molecule has 1 heterocycles. The third-order valence-electron chi connectivity index (χ3n) is 3.68. The predicted molar refractivity (Wildman–Crippen MR) is 115 cm³/mol. The van der Waals surface area contributed by atoms with Gasteiger partial charge in [0.05, 0.1) is 16.9 Å². The Morgan fingerprint density at radius 2 is 1.38 bits per heavy atom. The zero-order valence-corrected chi connectivity index (χ0v) is 19.2. The molecule has 0 aliphatic carbocycles. The summed E-state index contributed by atoms with van der Waals surface area (Å²) in [5.74, 6) is -0.264. The molecular weight excluding hydrogens is 488 g/mol. The van der Waals surface area contributed by atoms with Crippen molar-refractivity contribution in [3.8, 4) is 0 Å². The van der Waals surface area contributed by atoms with Gasteiger partial charge in [-0.3, -0.25) is 9.11 Å². The molecule has 0 atom stereocenters. The summed E-state index contributed by atoms with van der Waals surface area (Å²) in [6, 6.07) is 5.35. The molecule has 0 saturated heterocycles. The first-order valence-corrected chi connectivity index (χ1v) is 13.8. The highest BCUT2D eigenvalue weighted by Crippen LogP contribution is 2.14. The topological polar surface area (TPSA) is 218 Å². The number of aromatic nitrogens is 3. The summed E-state index contributed by atoms with van der Waals surface area (Å²) in [6.45, 7) is 0.0208. The third kappa shape index (κ3) is 9.79. The van der Waals surface area contributed by atoms with Crippen molar-refractivity contribution in [3.05, 3.63) is 35.7 Å². The number of rotatable bonds is 12. The van der Waals surface area contributed by atoms with Gasteiger partial charge in [0, 0.05) is 26.1 Å². The molecule has 0 saturated carbocycles. The van der Waals surface area contributed by atoms with Crippen molar-refractivity contribution in [2.75, 3.05) is 42.3 Å². The van der Waals surface area contributed by atoms with Gasteiger partial charge in [0.15, 0.2) is 0 Å². The van der Waals surface area contributed by atoms with Crippen LogP contribution < -0.4 is 15.4 Å². The minimum atomic E-state index is -4.33. The fraction of sp³-hybridized carbons (Fsp3) is 0.400. The fourth-order valence-electron chi connectivity index (χ4n) is 2.32. The molecule has 0 aliphatic rings. The smallest absolute Gasteiger partial charge is 0.294 e. The molecule has 2 aromatic rings. The summed E-state index contributed by atoms with van der Waals surface area (Å²) in [5, 5.41) is 5.46. The van der Waals surface area contributed by atoms with E-state index in [-0.39, 0.29) is 48.7 Å². The van der Waals surface area contributed by atoms with Crippen LogP contribution in [0.1, 0.15) is 11.4 Å². The van der Waals surface area contributed by atoms with Crippen molar-refractivity contribution >= 4 is 42.2 Å². The SMILES string of the molecule is CS(=O)(=O)NCCNc1nc(Cc2ccc(S(=O)(=O)O)cc2)nc(NCCS(=O)(=O)O)n1. The van der Waals surface area contributed by atoms with Crippen LogP contribution in [0.15, 0.2) is 29.2 Å². The van der Waals surface area contributed by atoms with E-state index in [4.69, 9.17) is 9.11 Å². The van der Waals surface area contributed by atoms with Gasteiger partial charge in [0.2, 0.25) is 21.9 Å². The number of benzene rings is 1. The number of anilines is 2. The molecule has 32 heavy (non-hydrogen) atoms. The molecule has 0 bridgehead atoms. The van der Waals surface area contributed by atoms with E-state index in [1.807, 2.05) is 0 Å². The molecule has 0 fully saturated rings. The third-order valence-corrected chi connectivity index (χ3v) is 6.00. The summed E-state index contributed by atoms with van der Waals surface area (Å²) in [4.78, 5) is 12.2. The summed E-state index contributed by atoms with van der Waals surface area (Å²) < 4.78 is 86.5. The van der Waals surface area contributed by atoms with Crippen LogP contribution in [0.5, 0.6) is 0 Å². The van der Waals surface area contributed by atoms with Crippen LogP contribution in [-0.4, -0.2) is 81.0 Å². The van der Waals surface area contributed by atoms with Gasteiger partial charge >= 0.3 is 0 Å². The van der Waals surface area contributed by atoms with Gasteiger partial charge < -0.3 is 10.6 Å². The zero-order valence-electron chi connectivity index (χ0n) is 16.8. The maximum absolute atomic E-state index is 11.2. The Kier molecular flexibility index (Phi) is 8.43. The lowest BCUT2D eigenvalue weighted by Crippen LogP contribution is -2.28. The number of hydrogen-bond acceptors (Lipinski definition) is 11. The van der Waals surface area contributed by atoms with Gasteiger partial charge in [0.1, 0.15) is 5.82 Å². The number of nitrogens with one attached hydrogen (secondary N) is 3. The molecule has 0 amide bonds. The summed E-state index contributed by atoms with van der Waals surface area (Å²) in [5.41, 5.74) is 0.608. The molecule has 0 spiro atoms. The molecule has 5 N–H and O–H groups in total.